The van der Waals surface area contributed by atoms with Crippen molar-refractivity contribution < 1.29 is 10.0 Å². The summed E-state index contributed by atoms with van der Waals surface area (Å²) in [4.78, 5) is 18.0. The molecule has 0 aromatic heterocycles. The fraction of sp³-hybridized carbons (Fsp3) is 0.818. The lowest BCUT2D eigenvalue weighted by molar-refractivity contribution is 0.124. The second kappa shape index (κ2) is 5.90. The van der Waals surface area contributed by atoms with Crippen LogP contribution >= 0.6 is 0 Å². The molecular formula is C11H21N5O2. The van der Waals surface area contributed by atoms with Crippen LogP contribution in [-0.4, -0.2) is 77.6 Å². The van der Waals surface area contributed by atoms with Crippen LogP contribution < -0.4 is 5.73 Å². The van der Waals surface area contributed by atoms with Crippen molar-refractivity contribution >= 4 is 11.9 Å². The first-order valence-corrected chi connectivity index (χ1v) is 6.43. The highest BCUT2D eigenvalue weighted by atomic mass is 16.4. The van der Waals surface area contributed by atoms with Crippen LogP contribution in [0.1, 0.15) is 12.8 Å². The lowest BCUT2D eigenvalue weighted by Crippen LogP contribution is -2.53. The van der Waals surface area contributed by atoms with E-state index in [4.69, 9.17) is 10.9 Å². The van der Waals surface area contributed by atoms with E-state index in [1.807, 2.05) is 9.80 Å². The normalized spacial score (nSPS) is 22.6. The summed E-state index contributed by atoms with van der Waals surface area (Å²) in [7, 11) is 0. The third-order valence-electron chi connectivity index (χ3n) is 3.53. The van der Waals surface area contributed by atoms with Gasteiger partial charge in [-0.25, -0.2) is 4.79 Å². The van der Waals surface area contributed by atoms with Crippen molar-refractivity contribution in [2.24, 2.45) is 10.9 Å². The number of hydrogen-bond donors (Lipinski definition) is 2. The molecule has 0 aromatic rings. The minimum Gasteiger partial charge on any atom is -0.409 e. The molecule has 2 aliphatic heterocycles. The van der Waals surface area contributed by atoms with Gasteiger partial charge >= 0.3 is 6.03 Å². The van der Waals surface area contributed by atoms with Crippen LogP contribution in [0.4, 0.5) is 4.79 Å². The molecule has 102 valence electrons. The molecule has 0 spiro atoms. The summed E-state index contributed by atoms with van der Waals surface area (Å²) in [6, 6.07) is 0.163. The number of carbonyl (C=O) groups excluding carboxylic acids is 1. The number of piperazine rings is 1. The Balaban J connectivity index is 1.77. The van der Waals surface area contributed by atoms with Gasteiger partial charge in [0.1, 0.15) is 0 Å². The lowest BCUT2D eigenvalue weighted by Gasteiger charge is -2.36. The van der Waals surface area contributed by atoms with E-state index in [1.165, 1.54) is 0 Å². The van der Waals surface area contributed by atoms with Gasteiger partial charge in [-0.15, -0.1) is 0 Å². The maximum absolute atomic E-state index is 12.1. The number of rotatable bonds is 2. The molecule has 7 nitrogen and oxygen atoms in total. The summed E-state index contributed by atoms with van der Waals surface area (Å²) in [6.45, 7) is 5.22. The Hall–Kier alpha value is -1.50. The summed E-state index contributed by atoms with van der Waals surface area (Å²) in [6.07, 6.45) is 2.24. The summed E-state index contributed by atoms with van der Waals surface area (Å²) in [5.74, 6) is 0.217. The molecule has 2 rings (SSSR count). The molecule has 2 heterocycles. The Morgan fingerprint density at radius 1 is 1.06 bits per heavy atom. The Morgan fingerprint density at radius 3 is 2.17 bits per heavy atom. The molecule has 0 saturated carbocycles. The zero-order valence-corrected chi connectivity index (χ0v) is 10.6. The molecule has 3 N–H and O–H groups in total. The summed E-state index contributed by atoms with van der Waals surface area (Å²) >= 11 is 0. The summed E-state index contributed by atoms with van der Waals surface area (Å²) in [5.41, 5.74) is 5.47. The molecule has 7 heteroatoms. The molecule has 18 heavy (non-hydrogen) atoms. The Bertz CT molecular complexity index is 319. The van der Waals surface area contributed by atoms with Gasteiger partial charge in [0.25, 0.3) is 0 Å². The van der Waals surface area contributed by atoms with Crippen molar-refractivity contribution in [2.45, 2.75) is 12.8 Å². The van der Waals surface area contributed by atoms with Crippen LogP contribution in [0, 0.1) is 0 Å². The average Bonchev–Trinajstić information content (AvgIpc) is 2.92. The van der Waals surface area contributed by atoms with Crippen LogP contribution in [0.3, 0.4) is 0 Å². The number of nitrogens with zero attached hydrogens (tertiary/aromatic N) is 4. The van der Waals surface area contributed by atoms with Gasteiger partial charge in [-0.3, -0.25) is 4.90 Å². The standard InChI is InChI=1S/C11H21N5O2/c12-10(13-18)9-14-5-7-16(8-6-14)11(17)15-3-1-2-4-15/h18H,1-9H2,(H2,12,13). The lowest BCUT2D eigenvalue weighted by atomic mass is 10.3. The number of oxime groups is 1. The van der Waals surface area contributed by atoms with Gasteiger partial charge in [-0.2, -0.15) is 0 Å². The zero-order chi connectivity index (χ0) is 13.0. The molecule has 0 atom stereocenters. The second-order valence-electron chi connectivity index (χ2n) is 4.83. The Morgan fingerprint density at radius 2 is 1.61 bits per heavy atom. The van der Waals surface area contributed by atoms with Gasteiger partial charge in [0, 0.05) is 39.3 Å². The van der Waals surface area contributed by atoms with Crippen molar-refractivity contribution in [3.05, 3.63) is 0 Å². The predicted molar refractivity (Wildman–Crippen MR) is 67.6 cm³/mol. The highest BCUT2D eigenvalue weighted by Gasteiger charge is 2.26. The molecule has 0 unspecified atom stereocenters. The van der Waals surface area contributed by atoms with Crippen LogP contribution in [0.5, 0.6) is 0 Å². The average molecular weight is 255 g/mol. The van der Waals surface area contributed by atoms with E-state index in [0.29, 0.717) is 19.6 Å². The number of carbonyl (C=O) groups is 1. The quantitative estimate of drug-likeness (QED) is 0.303. The number of urea groups is 1. The molecule has 2 amide bonds. The largest absolute Gasteiger partial charge is 0.409 e. The van der Waals surface area contributed by atoms with Crippen molar-refractivity contribution in [3.63, 3.8) is 0 Å². The molecule has 0 aromatic carbocycles. The monoisotopic (exact) mass is 255 g/mol. The van der Waals surface area contributed by atoms with Gasteiger partial charge in [-0.1, -0.05) is 5.16 Å². The van der Waals surface area contributed by atoms with E-state index in [0.717, 1.165) is 39.0 Å². The SMILES string of the molecule is NC(CN1CCN(C(=O)N2CCCC2)CC1)=NO. The van der Waals surface area contributed by atoms with Crippen LogP contribution in [0.2, 0.25) is 0 Å². The minimum atomic E-state index is 0.163. The third kappa shape index (κ3) is 3.04. The molecule has 0 bridgehead atoms. The fourth-order valence-electron chi connectivity index (χ4n) is 2.47. The Kier molecular flexibility index (Phi) is 4.24. The third-order valence-corrected chi connectivity index (χ3v) is 3.53. The smallest absolute Gasteiger partial charge is 0.320 e. The molecule has 0 aliphatic carbocycles. The first-order valence-electron chi connectivity index (χ1n) is 6.43. The van der Waals surface area contributed by atoms with Crippen molar-refractivity contribution in [1.29, 1.82) is 0 Å². The fourth-order valence-corrected chi connectivity index (χ4v) is 2.47. The van der Waals surface area contributed by atoms with Gasteiger partial charge < -0.3 is 20.7 Å². The van der Waals surface area contributed by atoms with E-state index in [2.05, 4.69) is 10.1 Å². The number of likely N-dealkylation sites (tertiary alicyclic amines) is 1. The molecule has 2 aliphatic rings. The van der Waals surface area contributed by atoms with Crippen LogP contribution in [-0.2, 0) is 0 Å². The highest BCUT2D eigenvalue weighted by Crippen LogP contribution is 2.12. The number of amides is 2. The number of nitrogens with two attached hydrogens (primary N) is 1. The summed E-state index contributed by atoms with van der Waals surface area (Å²) in [5, 5.41) is 11.5. The highest BCUT2D eigenvalue weighted by molar-refractivity contribution is 5.81. The van der Waals surface area contributed by atoms with E-state index in [1.54, 1.807) is 0 Å². The van der Waals surface area contributed by atoms with E-state index < -0.39 is 0 Å². The molecule has 0 radical (unpaired) electrons. The van der Waals surface area contributed by atoms with Crippen molar-refractivity contribution in [1.82, 2.24) is 14.7 Å². The number of amidine groups is 1. The second-order valence-corrected chi connectivity index (χ2v) is 4.83. The molecule has 2 saturated heterocycles. The van der Waals surface area contributed by atoms with E-state index in [-0.39, 0.29) is 11.9 Å². The predicted octanol–water partition coefficient (Wildman–Crippen LogP) is -0.434. The van der Waals surface area contributed by atoms with Gasteiger partial charge in [0.05, 0.1) is 6.54 Å². The maximum atomic E-state index is 12.1. The van der Waals surface area contributed by atoms with Gasteiger partial charge in [0.2, 0.25) is 0 Å². The topological polar surface area (TPSA) is 85.4 Å². The van der Waals surface area contributed by atoms with Crippen molar-refractivity contribution in [3.8, 4) is 0 Å². The van der Waals surface area contributed by atoms with Crippen LogP contribution in [0.25, 0.3) is 0 Å². The van der Waals surface area contributed by atoms with E-state index in [9.17, 15) is 4.79 Å². The maximum Gasteiger partial charge on any atom is 0.320 e. The summed E-state index contributed by atoms with van der Waals surface area (Å²) < 4.78 is 0. The van der Waals surface area contributed by atoms with Gasteiger partial charge in [-0.05, 0) is 12.8 Å². The van der Waals surface area contributed by atoms with Gasteiger partial charge in [0.15, 0.2) is 5.84 Å². The molecular weight excluding hydrogens is 234 g/mol. The zero-order valence-electron chi connectivity index (χ0n) is 10.6. The van der Waals surface area contributed by atoms with Crippen LogP contribution in [0.15, 0.2) is 5.16 Å². The van der Waals surface area contributed by atoms with E-state index >= 15 is 0 Å². The molecule has 2 fully saturated rings. The first kappa shape index (κ1) is 12.9. The minimum absolute atomic E-state index is 0.163. The first-order chi connectivity index (χ1) is 8.70. The number of hydrogen-bond acceptors (Lipinski definition) is 4. The Labute approximate surface area is 107 Å². The van der Waals surface area contributed by atoms with Crippen molar-refractivity contribution in [2.75, 3.05) is 45.8 Å².